The molecule has 3 fully saturated rings. The van der Waals surface area contributed by atoms with Crippen LogP contribution < -0.4 is 5.32 Å². The molecule has 0 unspecified atom stereocenters. The van der Waals surface area contributed by atoms with Gasteiger partial charge in [0.05, 0.1) is 0 Å². The number of hydrogen-bond donors (Lipinski definition) is 1. The number of likely N-dealkylation sites (tertiary alicyclic amines) is 1. The summed E-state index contributed by atoms with van der Waals surface area (Å²) in [4.78, 5) is 14.9. The van der Waals surface area contributed by atoms with Crippen molar-refractivity contribution in [3.8, 4) is 0 Å². The topological polar surface area (TPSA) is 41.6 Å². The highest BCUT2D eigenvalue weighted by Crippen LogP contribution is 2.40. The number of nitrogens with one attached hydrogen (secondary N) is 1. The monoisotopic (exact) mass is 370 g/mol. The van der Waals surface area contributed by atoms with Crippen molar-refractivity contribution in [1.82, 2.24) is 10.2 Å². The summed E-state index contributed by atoms with van der Waals surface area (Å²) in [5, 5.41) is 3.24. The van der Waals surface area contributed by atoms with Gasteiger partial charge in [-0.05, 0) is 44.1 Å². The van der Waals surface area contributed by atoms with Crippen LogP contribution in [0, 0.1) is 0 Å². The average Bonchev–Trinajstić information content (AvgIpc) is 3.26. The zero-order valence-corrected chi connectivity index (χ0v) is 16.5. The number of amides is 1. The van der Waals surface area contributed by atoms with Gasteiger partial charge in [0.25, 0.3) is 0 Å². The molecule has 2 heterocycles. The van der Waals surface area contributed by atoms with E-state index in [0.717, 1.165) is 45.4 Å². The fourth-order valence-electron chi connectivity index (χ4n) is 5.30. The van der Waals surface area contributed by atoms with Crippen molar-refractivity contribution in [3.05, 3.63) is 35.9 Å². The van der Waals surface area contributed by atoms with Crippen LogP contribution in [0.2, 0.25) is 0 Å². The molecule has 2 aliphatic heterocycles. The van der Waals surface area contributed by atoms with Gasteiger partial charge in [0, 0.05) is 37.7 Å². The number of rotatable bonds is 5. The molecule has 0 aromatic heterocycles. The van der Waals surface area contributed by atoms with E-state index in [1.54, 1.807) is 0 Å². The molecule has 0 spiro atoms. The summed E-state index contributed by atoms with van der Waals surface area (Å²) in [5.41, 5.74) is 1.85. The summed E-state index contributed by atoms with van der Waals surface area (Å²) in [6.07, 6.45) is 10.5. The molecule has 0 bridgehead atoms. The van der Waals surface area contributed by atoms with Crippen molar-refractivity contribution in [1.29, 1.82) is 0 Å². The Balaban J connectivity index is 1.32. The largest absolute Gasteiger partial charge is 0.368 e. The number of ether oxygens (including phenoxy) is 1. The van der Waals surface area contributed by atoms with Crippen LogP contribution in [0.25, 0.3) is 0 Å². The van der Waals surface area contributed by atoms with Gasteiger partial charge < -0.3 is 15.0 Å². The Morgan fingerprint density at radius 3 is 2.44 bits per heavy atom. The number of nitrogens with zero attached hydrogens (tertiary/aromatic N) is 1. The Kier molecular flexibility index (Phi) is 6.14. The lowest BCUT2D eigenvalue weighted by Gasteiger charge is -2.44. The van der Waals surface area contributed by atoms with Crippen LogP contribution in [-0.2, 0) is 14.9 Å². The molecule has 1 aliphatic carbocycles. The second-order valence-corrected chi connectivity index (χ2v) is 8.77. The molecular weight excluding hydrogens is 336 g/mol. The molecule has 0 radical (unpaired) electrons. The molecule has 27 heavy (non-hydrogen) atoms. The lowest BCUT2D eigenvalue weighted by Crippen LogP contribution is -2.50. The third kappa shape index (κ3) is 4.55. The fraction of sp³-hybridized carbons (Fsp3) is 0.696. The van der Waals surface area contributed by atoms with Gasteiger partial charge in [0.15, 0.2) is 0 Å². The second kappa shape index (κ2) is 8.74. The van der Waals surface area contributed by atoms with Crippen molar-refractivity contribution in [2.45, 2.75) is 75.3 Å². The molecule has 4 heteroatoms. The van der Waals surface area contributed by atoms with Crippen molar-refractivity contribution < 1.29 is 9.53 Å². The van der Waals surface area contributed by atoms with Crippen LogP contribution in [0.1, 0.15) is 63.4 Å². The van der Waals surface area contributed by atoms with Crippen molar-refractivity contribution in [2.75, 3.05) is 26.2 Å². The van der Waals surface area contributed by atoms with E-state index in [1.165, 1.54) is 44.2 Å². The Morgan fingerprint density at radius 2 is 1.78 bits per heavy atom. The number of carbonyl (C=O) groups is 1. The number of benzene rings is 1. The van der Waals surface area contributed by atoms with Gasteiger partial charge in [0.1, 0.15) is 6.10 Å². The summed E-state index contributed by atoms with van der Waals surface area (Å²) in [5.74, 6) is 0.110. The summed E-state index contributed by atoms with van der Waals surface area (Å²) in [6.45, 7) is 4.08. The van der Waals surface area contributed by atoms with Gasteiger partial charge in [-0.3, -0.25) is 4.79 Å². The van der Waals surface area contributed by atoms with Gasteiger partial charge in [-0.2, -0.15) is 0 Å². The third-order valence-corrected chi connectivity index (χ3v) is 6.88. The van der Waals surface area contributed by atoms with Crippen LogP contribution in [0.15, 0.2) is 30.3 Å². The molecule has 4 rings (SSSR count). The molecule has 1 atom stereocenters. The van der Waals surface area contributed by atoms with Crippen molar-refractivity contribution >= 4 is 5.91 Å². The van der Waals surface area contributed by atoms with Crippen LogP contribution in [0.4, 0.5) is 0 Å². The van der Waals surface area contributed by atoms with Crippen molar-refractivity contribution in [2.24, 2.45) is 0 Å². The Labute approximate surface area is 163 Å². The van der Waals surface area contributed by atoms with E-state index in [2.05, 4.69) is 40.5 Å². The second-order valence-electron chi connectivity index (χ2n) is 8.77. The number of piperidine rings is 1. The standard InChI is InChI=1S/C23H34N2O2/c26-22(21-10-7-17-27-21)24-20-11-15-25(16-12-20)18-23(13-5-2-6-14-23)19-8-3-1-4-9-19/h1,3-4,8-9,20-21H,2,5-7,10-18H2,(H,24,26)/t21-/m1/s1. The van der Waals surface area contributed by atoms with Crippen LogP contribution >= 0.6 is 0 Å². The van der Waals surface area contributed by atoms with E-state index in [1.807, 2.05) is 0 Å². The molecule has 1 aromatic carbocycles. The normalized spacial score (nSPS) is 26.7. The first-order valence-electron chi connectivity index (χ1n) is 11.0. The zero-order valence-electron chi connectivity index (χ0n) is 16.5. The Morgan fingerprint density at radius 1 is 1.04 bits per heavy atom. The number of hydrogen-bond acceptors (Lipinski definition) is 3. The summed E-state index contributed by atoms with van der Waals surface area (Å²) in [6, 6.07) is 11.5. The number of carbonyl (C=O) groups excluding carboxylic acids is 1. The zero-order chi connectivity index (χ0) is 18.5. The third-order valence-electron chi connectivity index (χ3n) is 6.88. The molecule has 1 amide bonds. The van der Waals surface area contributed by atoms with Gasteiger partial charge in [-0.25, -0.2) is 0 Å². The molecular formula is C23H34N2O2. The molecule has 1 saturated carbocycles. The van der Waals surface area contributed by atoms with Crippen molar-refractivity contribution in [3.63, 3.8) is 0 Å². The first kappa shape index (κ1) is 18.9. The van der Waals surface area contributed by atoms with Gasteiger partial charge in [0.2, 0.25) is 5.91 Å². The van der Waals surface area contributed by atoms with E-state index in [4.69, 9.17) is 4.74 Å². The predicted octanol–water partition coefficient (Wildman–Crippen LogP) is 3.65. The maximum atomic E-state index is 12.3. The SMILES string of the molecule is O=C(NC1CCN(CC2(c3ccccc3)CCCCC2)CC1)[C@H]1CCCO1. The highest BCUT2D eigenvalue weighted by Gasteiger charge is 2.36. The molecule has 1 aromatic rings. The van der Waals surface area contributed by atoms with Crippen LogP contribution in [0.3, 0.4) is 0 Å². The molecule has 1 N–H and O–H groups in total. The smallest absolute Gasteiger partial charge is 0.249 e. The predicted molar refractivity (Wildman–Crippen MR) is 108 cm³/mol. The minimum absolute atomic E-state index is 0.110. The first-order chi connectivity index (χ1) is 13.3. The van der Waals surface area contributed by atoms with Gasteiger partial charge in [-0.1, -0.05) is 49.6 Å². The summed E-state index contributed by atoms with van der Waals surface area (Å²) >= 11 is 0. The Hall–Kier alpha value is -1.39. The molecule has 2 saturated heterocycles. The molecule has 4 nitrogen and oxygen atoms in total. The van der Waals surface area contributed by atoms with E-state index in [-0.39, 0.29) is 12.0 Å². The maximum Gasteiger partial charge on any atom is 0.249 e. The summed E-state index contributed by atoms with van der Waals surface area (Å²) in [7, 11) is 0. The minimum atomic E-state index is -0.202. The highest BCUT2D eigenvalue weighted by molar-refractivity contribution is 5.81. The quantitative estimate of drug-likeness (QED) is 0.860. The fourth-order valence-corrected chi connectivity index (χ4v) is 5.30. The first-order valence-corrected chi connectivity index (χ1v) is 11.0. The molecule has 3 aliphatic rings. The van der Waals surface area contributed by atoms with Crippen LogP contribution in [0.5, 0.6) is 0 Å². The lowest BCUT2D eigenvalue weighted by atomic mass is 9.69. The average molecular weight is 371 g/mol. The van der Waals surface area contributed by atoms with E-state index >= 15 is 0 Å². The summed E-state index contributed by atoms with van der Waals surface area (Å²) < 4.78 is 5.52. The highest BCUT2D eigenvalue weighted by atomic mass is 16.5. The Bertz CT molecular complexity index is 598. The van der Waals surface area contributed by atoms with Gasteiger partial charge >= 0.3 is 0 Å². The molecule has 148 valence electrons. The van der Waals surface area contributed by atoms with Gasteiger partial charge in [-0.15, -0.1) is 0 Å². The van der Waals surface area contributed by atoms with E-state index in [9.17, 15) is 4.79 Å². The van der Waals surface area contributed by atoms with Crippen LogP contribution in [-0.4, -0.2) is 49.2 Å². The lowest BCUT2D eigenvalue weighted by molar-refractivity contribution is -0.131. The minimum Gasteiger partial charge on any atom is -0.368 e. The van der Waals surface area contributed by atoms with E-state index < -0.39 is 0 Å². The maximum absolute atomic E-state index is 12.3. The van der Waals surface area contributed by atoms with E-state index in [0.29, 0.717) is 11.5 Å².